The maximum Gasteiger partial charge on any atom is 0.317 e. The van der Waals surface area contributed by atoms with Gasteiger partial charge in [-0.3, -0.25) is 4.79 Å². The summed E-state index contributed by atoms with van der Waals surface area (Å²) in [6.45, 7) is 8.81. The number of carbonyl (C=O) groups excluding carboxylic acids is 2. The molecule has 3 amide bonds. The lowest BCUT2D eigenvalue weighted by Gasteiger charge is -2.36. The number of urea groups is 1. The van der Waals surface area contributed by atoms with E-state index in [1.165, 1.54) is 4.31 Å². The largest absolute Gasteiger partial charge is 0.360 e. The first-order valence-corrected chi connectivity index (χ1v) is 12.4. The van der Waals surface area contributed by atoms with E-state index in [1.807, 2.05) is 11.8 Å². The third-order valence-electron chi connectivity index (χ3n) is 6.05. The second-order valence-electron chi connectivity index (χ2n) is 8.30. The SMILES string of the molecule is CCCNC(=O)N1CCN(C(=O)CC2CCN(S(=O)(=O)c3c(C)noc3C)CC2)CC1. The number of piperidine rings is 1. The fourth-order valence-corrected chi connectivity index (χ4v) is 5.97. The molecule has 2 fully saturated rings. The van der Waals surface area contributed by atoms with Crippen LogP contribution in [0.1, 0.15) is 44.1 Å². The zero-order chi connectivity index (χ0) is 22.6. The van der Waals surface area contributed by atoms with E-state index in [0.717, 1.165) is 6.42 Å². The molecule has 0 unspecified atom stereocenters. The molecule has 0 saturated carbocycles. The fraction of sp³-hybridized carbons (Fsp3) is 0.750. The van der Waals surface area contributed by atoms with Crippen molar-refractivity contribution in [1.29, 1.82) is 0 Å². The Morgan fingerprint density at radius 1 is 1.06 bits per heavy atom. The van der Waals surface area contributed by atoms with Gasteiger partial charge in [0.25, 0.3) is 0 Å². The molecule has 0 aromatic carbocycles. The number of aryl methyl sites for hydroxylation is 2. The summed E-state index contributed by atoms with van der Waals surface area (Å²) < 4.78 is 32.3. The first kappa shape index (κ1) is 23.5. The molecule has 0 spiro atoms. The summed E-state index contributed by atoms with van der Waals surface area (Å²) in [5.74, 6) is 0.549. The van der Waals surface area contributed by atoms with Gasteiger partial charge < -0.3 is 19.6 Å². The van der Waals surface area contributed by atoms with Crippen LogP contribution in [0.4, 0.5) is 4.79 Å². The van der Waals surface area contributed by atoms with Crippen LogP contribution in [0.2, 0.25) is 0 Å². The van der Waals surface area contributed by atoms with Gasteiger partial charge in [0, 0.05) is 52.2 Å². The summed E-state index contributed by atoms with van der Waals surface area (Å²) in [7, 11) is -3.64. The summed E-state index contributed by atoms with van der Waals surface area (Å²) in [6.07, 6.45) is 2.60. The van der Waals surface area contributed by atoms with Gasteiger partial charge in [-0.15, -0.1) is 0 Å². The number of sulfonamides is 1. The Morgan fingerprint density at radius 2 is 1.68 bits per heavy atom. The Morgan fingerprint density at radius 3 is 2.23 bits per heavy atom. The first-order chi connectivity index (χ1) is 14.7. The van der Waals surface area contributed by atoms with E-state index >= 15 is 0 Å². The topological polar surface area (TPSA) is 116 Å². The molecule has 31 heavy (non-hydrogen) atoms. The van der Waals surface area contributed by atoms with Crippen LogP contribution in [0.5, 0.6) is 0 Å². The van der Waals surface area contributed by atoms with Crippen LogP contribution in [0.25, 0.3) is 0 Å². The van der Waals surface area contributed by atoms with Crippen molar-refractivity contribution in [3.63, 3.8) is 0 Å². The monoisotopic (exact) mass is 455 g/mol. The van der Waals surface area contributed by atoms with E-state index in [1.54, 1.807) is 18.7 Å². The highest BCUT2D eigenvalue weighted by Crippen LogP contribution is 2.29. The van der Waals surface area contributed by atoms with Crippen molar-refractivity contribution in [2.75, 3.05) is 45.8 Å². The minimum Gasteiger partial charge on any atom is -0.360 e. The molecule has 1 N–H and O–H groups in total. The zero-order valence-corrected chi connectivity index (χ0v) is 19.4. The first-order valence-electron chi connectivity index (χ1n) is 11.0. The molecule has 10 nitrogen and oxygen atoms in total. The number of aromatic nitrogens is 1. The van der Waals surface area contributed by atoms with Crippen LogP contribution in [0.15, 0.2) is 9.42 Å². The Bertz CT molecular complexity index is 864. The van der Waals surface area contributed by atoms with Crippen molar-refractivity contribution in [3.05, 3.63) is 11.5 Å². The van der Waals surface area contributed by atoms with Crippen LogP contribution in [-0.4, -0.2) is 85.4 Å². The molecule has 0 bridgehead atoms. The Balaban J connectivity index is 1.46. The van der Waals surface area contributed by atoms with Crippen LogP contribution < -0.4 is 5.32 Å². The Hall–Kier alpha value is -2.14. The highest BCUT2D eigenvalue weighted by atomic mass is 32.2. The van der Waals surface area contributed by atoms with E-state index in [2.05, 4.69) is 10.5 Å². The maximum atomic E-state index is 12.9. The molecule has 3 heterocycles. The molecule has 2 aliphatic heterocycles. The molecule has 0 aliphatic carbocycles. The molecule has 0 radical (unpaired) electrons. The summed E-state index contributed by atoms with van der Waals surface area (Å²) in [4.78, 5) is 28.5. The van der Waals surface area contributed by atoms with E-state index < -0.39 is 10.0 Å². The van der Waals surface area contributed by atoms with Gasteiger partial charge in [0.15, 0.2) is 5.76 Å². The van der Waals surface area contributed by atoms with Crippen molar-refractivity contribution in [2.45, 2.75) is 51.3 Å². The van der Waals surface area contributed by atoms with E-state index in [9.17, 15) is 18.0 Å². The normalized spacial score (nSPS) is 18.9. The van der Waals surface area contributed by atoms with E-state index in [0.29, 0.717) is 76.5 Å². The molecule has 174 valence electrons. The molecule has 2 aliphatic rings. The third kappa shape index (κ3) is 5.38. The number of rotatable bonds is 6. The molecular weight excluding hydrogens is 422 g/mol. The van der Waals surface area contributed by atoms with Gasteiger partial charge >= 0.3 is 6.03 Å². The lowest BCUT2D eigenvalue weighted by atomic mass is 9.94. The van der Waals surface area contributed by atoms with Gasteiger partial charge in [-0.25, -0.2) is 13.2 Å². The van der Waals surface area contributed by atoms with Crippen molar-refractivity contribution in [1.82, 2.24) is 24.6 Å². The van der Waals surface area contributed by atoms with Crippen LogP contribution in [-0.2, 0) is 14.8 Å². The molecular formula is C20H33N5O5S. The minimum atomic E-state index is -3.64. The van der Waals surface area contributed by atoms with Crippen LogP contribution in [0.3, 0.4) is 0 Å². The van der Waals surface area contributed by atoms with Gasteiger partial charge in [-0.05, 0) is 39.0 Å². The maximum absolute atomic E-state index is 12.9. The number of nitrogens with one attached hydrogen (secondary N) is 1. The molecule has 1 aromatic rings. The van der Waals surface area contributed by atoms with Crippen LogP contribution in [0, 0.1) is 19.8 Å². The highest BCUT2D eigenvalue weighted by Gasteiger charge is 2.35. The number of carbonyl (C=O) groups is 2. The number of piperazine rings is 1. The second-order valence-corrected chi connectivity index (χ2v) is 10.2. The smallest absolute Gasteiger partial charge is 0.317 e. The predicted molar refractivity (Wildman–Crippen MR) is 114 cm³/mol. The number of hydrogen-bond donors (Lipinski definition) is 1. The van der Waals surface area contributed by atoms with Crippen LogP contribution >= 0.6 is 0 Å². The average Bonchev–Trinajstić information content (AvgIpc) is 3.11. The number of amides is 3. The van der Waals surface area contributed by atoms with Crippen molar-refractivity contribution >= 4 is 22.0 Å². The van der Waals surface area contributed by atoms with Gasteiger partial charge in [0.2, 0.25) is 15.9 Å². The standard InChI is InChI=1S/C20H33N5O5S/c1-4-7-21-20(27)24-12-10-23(11-13-24)18(26)14-17-5-8-25(9-6-17)31(28,29)19-15(2)22-30-16(19)3/h17H,4-14H2,1-3H3,(H,21,27). The quantitative estimate of drug-likeness (QED) is 0.692. The van der Waals surface area contributed by atoms with Crippen molar-refractivity contribution < 1.29 is 22.5 Å². The van der Waals surface area contributed by atoms with Crippen molar-refractivity contribution in [2.24, 2.45) is 5.92 Å². The van der Waals surface area contributed by atoms with E-state index in [4.69, 9.17) is 4.52 Å². The molecule has 3 rings (SSSR count). The zero-order valence-electron chi connectivity index (χ0n) is 18.6. The Kier molecular flexibility index (Phi) is 7.58. The third-order valence-corrected chi connectivity index (χ3v) is 8.19. The van der Waals surface area contributed by atoms with Crippen molar-refractivity contribution in [3.8, 4) is 0 Å². The number of hydrogen-bond acceptors (Lipinski definition) is 6. The van der Waals surface area contributed by atoms with E-state index in [-0.39, 0.29) is 22.8 Å². The van der Waals surface area contributed by atoms with Gasteiger partial charge in [-0.2, -0.15) is 4.31 Å². The van der Waals surface area contributed by atoms with Gasteiger partial charge in [0.1, 0.15) is 10.6 Å². The Labute approximate surface area is 184 Å². The lowest BCUT2D eigenvalue weighted by molar-refractivity contribution is -0.133. The molecule has 0 atom stereocenters. The lowest BCUT2D eigenvalue weighted by Crippen LogP contribution is -2.53. The van der Waals surface area contributed by atoms with Gasteiger partial charge in [-0.1, -0.05) is 12.1 Å². The minimum absolute atomic E-state index is 0.0687. The summed E-state index contributed by atoms with van der Waals surface area (Å²) in [5.41, 5.74) is 0.373. The molecule has 2 saturated heterocycles. The van der Waals surface area contributed by atoms with Gasteiger partial charge in [0.05, 0.1) is 0 Å². The molecule has 11 heteroatoms. The highest BCUT2D eigenvalue weighted by molar-refractivity contribution is 7.89. The molecule has 1 aromatic heterocycles. The summed E-state index contributed by atoms with van der Waals surface area (Å²) in [5, 5.41) is 6.62. The average molecular weight is 456 g/mol. The number of nitrogens with zero attached hydrogens (tertiary/aromatic N) is 4. The summed E-state index contributed by atoms with van der Waals surface area (Å²) in [6, 6.07) is -0.0687. The summed E-state index contributed by atoms with van der Waals surface area (Å²) >= 11 is 0. The fourth-order valence-electron chi connectivity index (χ4n) is 4.20. The second kappa shape index (κ2) is 9.99. The predicted octanol–water partition coefficient (Wildman–Crippen LogP) is 1.35.